The first-order valence-corrected chi connectivity index (χ1v) is 11.9. The molecule has 0 radical (unpaired) electrons. The highest BCUT2D eigenvalue weighted by atomic mass is 16.5. The van der Waals surface area contributed by atoms with Crippen LogP contribution in [0.4, 0.5) is 4.79 Å². The summed E-state index contributed by atoms with van der Waals surface area (Å²) in [6.45, 7) is 4.67. The van der Waals surface area contributed by atoms with Crippen molar-refractivity contribution < 1.29 is 24.2 Å². The van der Waals surface area contributed by atoms with Crippen molar-refractivity contribution in [1.29, 1.82) is 0 Å². The van der Waals surface area contributed by atoms with Crippen LogP contribution in [-0.2, 0) is 14.3 Å². The minimum absolute atomic E-state index is 0.0864. The van der Waals surface area contributed by atoms with Gasteiger partial charge in [-0.05, 0) is 49.3 Å². The second kappa shape index (κ2) is 9.70. The second-order valence-electron chi connectivity index (χ2n) is 10.3. The molecule has 2 aliphatic rings. The number of nitrogens with zero attached hydrogens (tertiary/aromatic N) is 2. The van der Waals surface area contributed by atoms with Crippen LogP contribution in [0.25, 0.3) is 11.1 Å². The Kier molecular flexibility index (Phi) is 6.85. The Morgan fingerprint density at radius 1 is 1.09 bits per heavy atom. The van der Waals surface area contributed by atoms with E-state index in [1.54, 1.807) is 0 Å². The summed E-state index contributed by atoms with van der Waals surface area (Å²) < 4.78 is 5.62. The summed E-state index contributed by atoms with van der Waals surface area (Å²) in [5.41, 5.74) is 3.97. The molecular weight excluding hydrogens is 446 g/mol. The lowest BCUT2D eigenvalue weighted by Gasteiger charge is -2.52. The third-order valence-electron chi connectivity index (χ3n) is 6.95. The van der Waals surface area contributed by atoms with Gasteiger partial charge < -0.3 is 25.0 Å². The standard InChI is InChI=1S/C27H33N3O5/c1-27(2)16-30(23(27)25(32)33)24(31)22(13-14-29(3)4)28-26(34)35-15-21-19-11-7-5-9-17(19)18-10-6-8-12-20(18)21/h5-12,21-23H,13-16H2,1-4H3,(H,28,34)(H,32,33). The number of amides is 2. The molecule has 0 aromatic heterocycles. The molecule has 2 amide bonds. The van der Waals surface area contributed by atoms with E-state index in [-0.39, 0.29) is 12.5 Å². The third kappa shape index (κ3) is 4.89. The fourth-order valence-electron chi connectivity index (χ4n) is 5.23. The lowest BCUT2D eigenvalue weighted by Crippen LogP contribution is -2.69. The van der Waals surface area contributed by atoms with Gasteiger partial charge in [0.15, 0.2) is 0 Å². The number of aliphatic carboxylic acids is 1. The predicted octanol–water partition coefficient (Wildman–Crippen LogP) is 3.17. The van der Waals surface area contributed by atoms with Crippen LogP contribution in [-0.4, -0.2) is 78.8 Å². The normalized spacial score (nSPS) is 18.9. The molecule has 2 atom stereocenters. The van der Waals surface area contributed by atoms with Gasteiger partial charge in [0.1, 0.15) is 18.7 Å². The van der Waals surface area contributed by atoms with Gasteiger partial charge in [-0.15, -0.1) is 0 Å². The summed E-state index contributed by atoms with van der Waals surface area (Å²) in [4.78, 5) is 41.1. The maximum Gasteiger partial charge on any atom is 0.407 e. The largest absolute Gasteiger partial charge is 0.480 e. The molecule has 1 heterocycles. The highest BCUT2D eigenvalue weighted by Crippen LogP contribution is 2.44. The molecular formula is C27H33N3O5. The number of likely N-dealkylation sites (tertiary alicyclic amines) is 1. The molecule has 0 bridgehead atoms. The maximum absolute atomic E-state index is 13.2. The Bertz CT molecular complexity index is 1080. The number of rotatable bonds is 8. The van der Waals surface area contributed by atoms with Crippen LogP contribution >= 0.6 is 0 Å². The van der Waals surface area contributed by atoms with Crippen molar-refractivity contribution in [3.63, 3.8) is 0 Å². The summed E-state index contributed by atoms with van der Waals surface area (Å²) in [7, 11) is 3.75. The molecule has 0 spiro atoms. The zero-order chi connectivity index (χ0) is 25.3. The van der Waals surface area contributed by atoms with Gasteiger partial charge in [-0.1, -0.05) is 62.4 Å². The molecule has 8 nitrogen and oxygen atoms in total. The van der Waals surface area contributed by atoms with Crippen LogP contribution in [0.5, 0.6) is 0 Å². The Morgan fingerprint density at radius 3 is 2.17 bits per heavy atom. The van der Waals surface area contributed by atoms with Gasteiger partial charge in [0.05, 0.1) is 0 Å². The van der Waals surface area contributed by atoms with E-state index in [1.165, 1.54) is 4.90 Å². The van der Waals surface area contributed by atoms with Crippen molar-refractivity contribution in [3.8, 4) is 11.1 Å². The van der Waals surface area contributed by atoms with Gasteiger partial charge in [-0.25, -0.2) is 9.59 Å². The van der Waals surface area contributed by atoms with Crippen LogP contribution in [0.2, 0.25) is 0 Å². The van der Waals surface area contributed by atoms with Crippen LogP contribution < -0.4 is 5.32 Å². The predicted molar refractivity (Wildman–Crippen MR) is 132 cm³/mol. The van der Waals surface area contributed by atoms with E-state index in [4.69, 9.17) is 4.74 Å². The first-order chi connectivity index (χ1) is 16.6. The van der Waals surface area contributed by atoms with Gasteiger partial charge in [0.25, 0.3) is 0 Å². The fraction of sp³-hybridized carbons (Fsp3) is 0.444. The Hall–Kier alpha value is -3.39. The quantitative estimate of drug-likeness (QED) is 0.604. The molecule has 186 valence electrons. The summed E-state index contributed by atoms with van der Waals surface area (Å²) in [6.07, 6.45) is -0.338. The molecule has 35 heavy (non-hydrogen) atoms. The first kappa shape index (κ1) is 24.7. The van der Waals surface area contributed by atoms with Crippen molar-refractivity contribution in [1.82, 2.24) is 15.1 Å². The molecule has 2 N–H and O–H groups in total. The molecule has 8 heteroatoms. The average Bonchev–Trinajstić information content (AvgIpc) is 3.11. The van der Waals surface area contributed by atoms with Crippen molar-refractivity contribution in [2.75, 3.05) is 33.8 Å². The van der Waals surface area contributed by atoms with E-state index in [0.717, 1.165) is 22.3 Å². The Balaban J connectivity index is 1.44. The average molecular weight is 480 g/mol. The summed E-state index contributed by atoms with van der Waals surface area (Å²) in [5, 5.41) is 12.3. The highest BCUT2D eigenvalue weighted by Gasteiger charge is 2.53. The van der Waals surface area contributed by atoms with E-state index in [2.05, 4.69) is 17.4 Å². The number of carboxylic acid groups (broad SMARTS) is 1. The number of hydrogen-bond donors (Lipinski definition) is 2. The lowest BCUT2D eigenvalue weighted by atomic mass is 9.74. The smallest absolute Gasteiger partial charge is 0.407 e. The third-order valence-corrected chi connectivity index (χ3v) is 6.95. The monoisotopic (exact) mass is 479 g/mol. The van der Waals surface area contributed by atoms with Crippen LogP contribution in [0, 0.1) is 5.41 Å². The first-order valence-electron chi connectivity index (χ1n) is 11.9. The second-order valence-corrected chi connectivity index (χ2v) is 10.3. The number of fused-ring (bicyclic) bond motifs is 3. The lowest BCUT2D eigenvalue weighted by molar-refractivity contribution is -0.172. The van der Waals surface area contributed by atoms with E-state index < -0.39 is 35.5 Å². The van der Waals surface area contributed by atoms with E-state index in [9.17, 15) is 19.5 Å². The summed E-state index contributed by atoms with van der Waals surface area (Å²) in [5.74, 6) is -1.52. The van der Waals surface area contributed by atoms with Gasteiger partial charge in [0.2, 0.25) is 5.91 Å². The van der Waals surface area contributed by atoms with E-state index in [0.29, 0.717) is 19.5 Å². The number of nitrogens with one attached hydrogen (secondary N) is 1. The number of hydrogen-bond acceptors (Lipinski definition) is 5. The minimum Gasteiger partial charge on any atom is -0.480 e. The number of ether oxygens (including phenoxy) is 1. The van der Waals surface area contributed by atoms with Crippen molar-refractivity contribution >= 4 is 18.0 Å². The van der Waals surface area contributed by atoms with Crippen molar-refractivity contribution in [2.45, 2.75) is 38.3 Å². The number of carbonyl (C=O) groups excluding carboxylic acids is 2. The van der Waals surface area contributed by atoms with E-state index >= 15 is 0 Å². The van der Waals surface area contributed by atoms with Gasteiger partial charge in [-0.2, -0.15) is 0 Å². The highest BCUT2D eigenvalue weighted by molar-refractivity contribution is 5.91. The van der Waals surface area contributed by atoms with Crippen molar-refractivity contribution in [3.05, 3.63) is 59.7 Å². The minimum atomic E-state index is -1.04. The van der Waals surface area contributed by atoms with Gasteiger partial charge >= 0.3 is 12.1 Å². The SMILES string of the molecule is CN(C)CCC(NC(=O)OCC1c2ccccc2-c2ccccc21)C(=O)N1CC(C)(C)C1C(=O)O. The Labute approximate surface area is 205 Å². The molecule has 4 rings (SSSR count). The number of alkyl carbamates (subject to hydrolysis) is 1. The summed E-state index contributed by atoms with van der Waals surface area (Å²) in [6, 6.07) is 14.4. The molecule has 1 saturated heterocycles. The molecule has 1 aliphatic carbocycles. The molecule has 2 aromatic rings. The fourth-order valence-corrected chi connectivity index (χ4v) is 5.23. The maximum atomic E-state index is 13.2. The molecule has 2 unspecified atom stereocenters. The topological polar surface area (TPSA) is 99.2 Å². The number of carboxylic acids is 1. The zero-order valence-corrected chi connectivity index (χ0v) is 20.7. The summed E-state index contributed by atoms with van der Waals surface area (Å²) >= 11 is 0. The molecule has 0 saturated carbocycles. The van der Waals surface area contributed by atoms with Crippen LogP contribution in [0.3, 0.4) is 0 Å². The molecule has 2 aromatic carbocycles. The van der Waals surface area contributed by atoms with Gasteiger partial charge in [-0.3, -0.25) is 4.79 Å². The zero-order valence-electron chi connectivity index (χ0n) is 20.7. The van der Waals surface area contributed by atoms with Crippen LogP contribution in [0.1, 0.15) is 37.3 Å². The van der Waals surface area contributed by atoms with Gasteiger partial charge in [0, 0.05) is 17.9 Å². The number of benzene rings is 2. The van der Waals surface area contributed by atoms with Crippen LogP contribution in [0.15, 0.2) is 48.5 Å². The number of carbonyl (C=O) groups is 3. The molecule has 1 fully saturated rings. The van der Waals surface area contributed by atoms with Crippen molar-refractivity contribution in [2.24, 2.45) is 5.41 Å². The Morgan fingerprint density at radius 2 is 1.66 bits per heavy atom. The van der Waals surface area contributed by atoms with E-state index in [1.807, 2.05) is 69.2 Å². The molecule has 1 aliphatic heterocycles.